The molecule has 2 rings (SSSR count). The summed E-state index contributed by atoms with van der Waals surface area (Å²) in [6, 6.07) is -0.0127. The van der Waals surface area contributed by atoms with E-state index in [0.29, 0.717) is 11.8 Å². The minimum Gasteiger partial charge on any atom is -0.298 e. The summed E-state index contributed by atoms with van der Waals surface area (Å²) in [5.41, 5.74) is 0. The highest BCUT2D eigenvalue weighted by atomic mass is 35.7. The molecule has 0 saturated heterocycles. The summed E-state index contributed by atoms with van der Waals surface area (Å²) < 4.78 is 24.3. The Bertz CT molecular complexity index is 509. The Kier molecular flexibility index (Phi) is 2.74. The third kappa shape index (κ3) is 1.96. The Balaban J connectivity index is 2.53. The molecule has 1 aromatic heterocycles. The molecule has 1 fully saturated rings. The van der Waals surface area contributed by atoms with Crippen molar-refractivity contribution in [1.82, 2.24) is 14.8 Å². The van der Waals surface area contributed by atoms with Crippen LogP contribution < -0.4 is 0 Å². The SMILES string of the molecule is CC1CC1c1nnc(S(=O)(=O)Cl)n1C(C)C. The van der Waals surface area contributed by atoms with Crippen molar-refractivity contribution in [3.05, 3.63) is 5.82 Å². The minimum atomic E-state index is -3.82. The highest BCUT2D eigenvalue weighted by Crippen LogP contribution is 2.47. The zero-order valence-corrected chi connectivity index (χ0v) is 11.0. The largest absolute Gasteiger partial charge is 0.298 e. The average Bonchev–Trinajstić information content (AvgIpc) is 2.70. The van der Waals surface area contributed by atoms with Crippen LogP contribution in [0.15, 0.2) is 5.16 Å². The fourth-order valence-electron chi connectivity index (χ4n) is 1.87. The van der Waals surface area contributed by atoms with Crippen molar-refractivity contribution >= 4 is 19.7 Å². The van der Waals surface area contributed by atoms with E-state index in [1.807, 2.05) is 13.8 Å². The number of aromatic nitrogens is 3. The lowest BCUT2D eigenvalue weighted by molar-refractivity contribution is 0.506. The summed E-state index contributed by atoms with van der Waals surface area (Å²) in [6.07, 6.45) is 1.03. The van der Waals surface area contributed by atoms with Crippen LogP contribution >= 0.6 is 10.7 Å². The third-order valence-electron chi connectivity index (χ3n) is 2.87. The van der Waals surface area contributed by atoms with Gasteiger partial charge in [0.1, 0.15) is 5.82 Å². The van der Waals surface area contributed by atoms with Gasteiger partial charge in [-0.05, 0) is 26.2 Å². The molecule has 0 amide bonds. The number of halogens is 1. The van der Waals surface area contributed by atoms with Crippen LogP contribution in [0.1, 0.15) is 45.0 Å². The van der Waals surface area contributed by atoms with Gasteiger partial charge in [-0.3, -0.25) is 4.57 Å². The maximum absolute atomic E-state index is 11.3. The smallest absolute Gasteiger partial charge is 0.296 e. The first-order valence-corrected chi connectivity index (χ1v) is 7.52. The molecule has 1 aromatic rings. The molecule has 0 radical (unpaired) electrons. The molecule has 7 heteroatoms. The lowest BCUT2D eigenvalue weighted by atomic mass is 10.3. The van der Waals surface area contributed by atoms with Crippen molar-refractivity contribution in [2.75, 3.05) is 0 Å². The predicted molar refractivity (Wildman–Crippen MR) is 60.0 cm³/mol. The van der Waals surface area contributed by atoms with Crippen molar-refractivity contribution in [2.45, 2.75) is 44.3 Å². The highest BCUT2D eigenvalue weighted by Gasteiger charge is 2.40. The lowest BCUT2D eigenvalue weighted by Crippen LogP contribution is -2.11. The molecule has 1 heterocycles. The Hall–Kier alpha value is -0.620. The molecule has 1 saturated carbocycles. The van der Waals surface area contributed by atoms with Crippen LogP contribution in [0.25, 0.3) is 0 Å². The molecule has 2 unspecified atom stereocenters. The van der Waals surface area contributed by atoms with Crippen LogP contribution in [0, 0.1) is 5.92 Å². The second-order valence-corrected chi connectivity index (χ2v) is 7.02. The fourth-order valence-corrected chi connectivity index (χ4v) is 2.87. The lowest BCUT2D eigenvalue weighted by Gasteiger charge is -2.11. The van der Waals surface area contributed by atoms with Gasteiger partial charge in [-0.15, -0.1) is 10.2 Å². The van der Waals surface area contributed by atoms with Crippen LogP contribution in [0.2, 0.25) is 0 Å². The first-order valence-electron chi connectivity index (χ1n) is 5.21. The molecule has 90 valence electrons. The summed E-state index contributed by atoms with van der Waals surface area (Å²) >= 11 is 0. The molecule has 0 aromatic carbocycles. The monoisotopic (exact) mass is 263 g/mol. The molecule has 16 heavy (non-hydrogen) atoms. The number of nitrogens with zero attached hydrogens (tertiary/aromatic N) is 3. The molecule has 0 aliphatic heterocycles. The number of rotatable bonds is 3. The van der Waals surface area contributed by atoms with Crippen LogP contribution in [0.3, 0.4) is 0 Å². The molecule has 0 spiro atoms. The van der Waals surface area contributed by atoms with Gasteiger partial charge < -0.3 is 0 Å². The molecule has 0 bridgehead atoms. The van der Waals surface area contributed by atoms with Crippen LogP contribution in [-0.4, -0.2) is 23.2 Å². The normalized spacial score (nSPS) is 25.1. The maximum atomic E-state index is 11.3. The van der Waals surface area contributed by atoms with Gasteiger partial charge in [0, 0.05) is 22.6 Å². The van der Waals surface area contributed by atoms with Gasteiger partial charge in [-0.25, -0.2) is 8.42 Å². The van der Waals surface area contributed by atoms with Crippen molar-refractivity contribution in [2.24, 2.45) is 5.92 Å². The van der Waals surface area contributed by atoms with E-state index in [1.54, 1.807) is 4.57 Å². The van der Waals surface area contributed by atoms with Gasteiger partial charge in [0.05, 0.1) is 0 Å². The standard InChI is InChI=1S/C9H14ClN3O2S/c1-5(2)13-8(7-4-6(7)3)11-12-9(13)16(10,14)15/h5-7H,4H2,1-3H3. The molecular weight excluding hydrogens is 250 g/mol. The second kappa shape index (κ2) is 3.70. The van der Waals surface area contributed by atoms with Gasteiger partial charge in [-0.2, -0.15) is 0 Å². The number of hydrogen-bond acceptors (Lipinski definition) is 4. The minimum absolute atomic E-state index is 0.0127. The Morgan fingerprint density at radius 2 is 2.00 bits per heavy atom. The Labute approximate surface area is 99.2 Å². The van der Waals surface area contributed by atoms with Gasteiger partial charge in [-0.1, -0.05) is 6.92 Å². The van der Waals surface area contributed by atoms with Gasteiger partial charge in [0.25, 0.3) is 14.2 Å². The Morgan fingerprint density at radius 1 is 1.44 bits per heavy atom. The third-order valence-corrected chi connectivity index (χ3v) is 4.00. The predicted octanol–water partition coefficient (Wildman–Crippen LogP) is 1.91. The summed E-state index contributed by atoms with van der Waals surface area (Å²) in [5.74, 6) is 1.61. The van der Waals surface area contributed by atoms with Gasteiger partial charge in [0.15, 0.2) is 0 Å². The maximum Gasteiger partial charge on any atom is 0.296 e. The zero-order chi connectivity index (χ0) is 12.1. The van der Waals surface area contributed by atoms with E-state index in [1.165, 1.54) is 0 Å². The van der Waals surface area contributed by atoms with E-state index in [9.17, 15) is 8.42 Å². The van der Waals surface area contributed by atoms with Crippen molar-refractivity contribution in [1.29, 1.82) is 0 Å². The van der Waals surface area contributed by atoms with Crippen molar-refractivity contribution < 1.29 is 8.42 Å². The quantitative estimate of drug-likeness (QED) is 0.782. The van der Waals surface area contributed by atoms with E-state index in [4.69, 9.17) is 10.7 Å². The number of hydrogen-bond donors (Lipinski definition) is 0. The summed E-state index contributed by atoms with van der Waals surface area (Å²) in [4.78, 5) is 0. The summed E-state index contributed by atoms with van der Waals surface area (Å²) in [7, 11) is 1.51. The molecule has 0 N–H and O–H groups in total. The summed E-state index contributed by atoms with van der Waals surface area (Å²) in [5, 5.41) is 7.52. The molecule has 1 aliphatic carbocycles. The van der Waals surface area contributed by atoms with Crippen LogP contribution in [0.5, 0.6) is 0 Å². The van der Waals surface area contributed by atoms with E-state index < -0.39 is 9.05 Å². The molecular formula is C9H14ClN3O2S. The van der Waals surface area contributed by atoms with Gasteiger partial charge in [0.2, 0.25) is 0 Å². The zero-order valence-electron chi connectivity index (χ0n) is 9.38. The van der Waals surface area contributed by atoms with E-state index in [0.717, 1.165) is 12.2 Å². The molecule has 5 nitrogen and oxygen atoms in total. The van der Waals surface area contributed by atoms with Crippen LogP contribution in [-0.2, 0) is 9.05 Å². The summed E-state index contributed by atoms with van der Waals surface area (Å²) in [6.45, 7) is 5.90. The van der Waals surface area contributed by atoms with E-state index in [-0.39, 0.29) is 11.2 Å². The van der Waals surface area contributed by atoms with Gasteiger partial charge >= 0.3 is 0 Å². The van der Waals surface area contributed by atoms with Crippen LogP contribution in [0.4, 0.5) is 0 Å². The van der Waals surface area contributed by atoms with E-state index >= 15 is 0 Å². The molecule has 2 atom stereocenters. The average molecular weight is 264 g/mol. The highest BCUT2D eigenvalue weighted by molar-refractivity contribution is 8.13. The second-order valence-electron chi connectivity index (χ2n) is 4.56. The fraction of sp³-hybridized carbons (Fsp3) is 0.778. The Morgan fingerprint density at radius 3 is 2.38 bits per heavy atom. The first-order chi connectivity index (χ1) is 7.32. The first kappa shape index (κ1) is 11.9. The topological polar surface area (TPSA) is 64.8 Å². The molecule has 1 aliphatic rings. The van der Waals surface area contributed by atoms with Crippen molar-refractivity contribution in [3.63, 3.8) is 0 Å². The van der Waals surface area contributed by atoms with Crippen molar-refractivity contribution in [3.8, 4) is 0 Å². The van der Waals surface area contributed by atoms with E-state index in [2.05, 4.69) is 17.1 Å².